The maximum atomic E-state index is 11.8. The van der Waals surface area contributed by atoms with Gasteiger partial charge in [-0.05, 0) is 25.0 Å². The molecule has 0 aliphatic carbocycles. The van der Waals surface area contributed by atoms with E-state index in [1.165, 1.54) is 4.31 Å². The summed E-state index contributed by atoms with van der Waals surface area (Å²) < 4.78 is 30.0. The van der Waals surface area contributed by atoms with Crippen LogP contribution in [0.15, 0.2) is 18.2 Å². The molecule has 0 saturated carbocycles. The van der Waals surface area contributed by atoms with Crippen LogP contribution >= 0.6 is 0 Å². The Morgan fingerprint density at radius 3 is 2.82 bits per heavy atom. The number of rotatable bonds is 2. The Labute approximate surface area is 102 Å². The molecule has 1 aromatic rings. The predicted octanol–water partition coefficient (Wildman–Crippen LogP) is 1.42. The van der Waals surface area contributed by atoms with E-state index in [1.54, 1.807) is 0 Å². The molecule has 1 fully saturated rings. The molecule has 0 radical (unpaired) electrons. The molecule has 4 nitrogen and oxygen atoms in total. The van der Waals surface area contributed by atoms with Crippen LogP contribution in [0.2, 0.25) is 0 Å². The standard InChI is InChI=1S/C12H17NO3S/c1-10-3-4-11(2)12(7-10)8-13-5-6-16-9-17(13,14)15/h3-4,7H,5-6,8-9H2,1-2H3. The van der Waals surface area contributed by atoms with Gasteiger partial charge in [-0.2, -0.15) is 4.31 Å². The zero-order valence-electron chi connectivity index (χ0n) is 10.1. The summed E-state index contributed by atoms with van der Waals surface area (Å²) in [5.41, 5.74) is 3.34. The van der Waals surface area contributed by atoms with Crippen LogP contribution in [0.1, 0.15) is 16.7 Å². The van der Waals surface area contributed by atoms with Gasteiger partial charge < -0.3 is 4.74 Å². The third-order valence-corrected chi connectivity index (χ3v) is 4.53. The zero-order valence-corrected chi connectivity index (χ0v) is 11.0. The van der Waals surface area contributed by atoms with Crippen molar-refractivity contribution >= 4 is 10.0 Å². The monoisotopic (exact) mass is 255 g/mol. The first-order valence-corrected chi connectivity index (χ1v) is 7.22. The van der Waals surface area contributed by atoms with Crippen LogP contribution in [0.3, 0.4) is 0 Å². The van der Waals surface area contributed by atoms with Crippen LogP contribution in [-0.4, -0.2) is 31.8 Å². The number of ether oxygens (including phenoxy) is 1. The highest BCUT2D eigenvalue weighted by atomic mass is 32.2. The van der Waals surface area contributed by atoms with Crippen molar-refractivity contribution in [3.8, 4) is 0 Å². The maximum absolute atomic E-state index is 11.8. The largest absolute Gasteiger partial charge is 0.363 e. The fraction of sp³-hybridized carbons (Fsp3) is 0.500. The molecule has 0 spiro atoms. The Balaban J connectivity index is 2.22. The van der Waals surface area contributed by atoms with Gasteiger partial charge in [-0.15, -0.1) is 0 Å². The number of hydrogen-bond donors (Lipinski definition) is 0. The van der Waals surface area contributed by atoms with E-state index in [-0.39, 0.29) is 5.94 Å². The molecule has 94 valence electrons. The van der Waals surface area contributed by atoms with Gasteiger partial charge in [-0.25, -0.2) is 8.42 Å². The second-order valence-electron chi connectivity index (χ2n) is 4.40. The van der Waals surface area contributed by atoms with Crippen molar-refractivity contribution in [2.45, 2.75) is 20.4 Å². The van der Waals surface area contributed by atoms with Crippen LogP contribution in [0, 0.1) is 13.8 Å². The summed E-state index contributed by atoms with van der Waals surface area (Å²) in [4.78, 5) is 0. The SMILES string of the molecule is Cc1ccc(C)c(CN2CCOCS2(=O)=O)c1. The number of hydrogen-bond acceptors (Lipinski definition) is 3. The van der Waals surface area contributed by atoms with Crippen LogP contribution < -0.4 is 0 Å². The highest BCUT2D eigenvalue weighted by molar-refractivity contribution is 7.88. The van der Waals surface area contributed by atoms with Crippen molar-refractivity contribution in [3.63, 3.8) is 0 Å². The fourth-order valence-electron chi connectivity index (χ4n) is 1.88. The molecule has 0 bridgehead atoms. The van der Waals surface area contributed by atoms with E-state index in [4.69, 9.17) is 4.74 Å². The molecule has 0 atom stereocenters. The van der Waals surface area contributed by atoms with Crippen LogP contribution in [-0.2, 0) is 21.3 Å². The van der Waals surface area contributed by atoms with E-state index in [1.807, 2.05) is 32.0 Å². The van der Waals surface area contributed by atoms with E-state index in [2.05, 4.69) is 0 Å². The lowest BCUT2D eigenvalue weighted by atomic mass is 10.1. The fourth-order valence-corrected chi connectivity index (χ4v) is 3.05. The van der Waals surface area contributed by atoms with Crippen molar-refractivity contribution in [3.05, 3.63) is 34.9 Å². The van der Waals surface area contributed by atoms with Crippen molar-refractivity contribution in [1.82, 2.24) is 4.31 Å². The zero-order chi connectivity index (χ0) is 12.5. The second kappa shape index (κ2) is 4.76. The van der Waals surface area contributed by atoms with Gasteiger partial charge in [-0.3, -0.25) is 0 Å². The molecular weight excluding hydrogens is 238 g/mol. The smallest absolute Gasteiger partial charge is 0.238 e. The third kappa shape index (κ3) is 2.86. The van der Waals surface area contributed by atoms with E-state index in [0.717, 1.165) is 16.7 Å². The summed E-state index contributed by atoms with van der Waals surface area (Å²) in [6.07, 6.45) is 0. The predicted molar refractivity (Wildman–Crippen MR) is 66.1 cm³/mol. The minimum absolute atomic E-state index is 0.197. The molecular formula is C12H17NO3S. The quantitative estimate of drug-likeness (QED) is 0.803. The molecule has 2 rings (SSSR count). The van der Waals surface area contributed by atoms with E-state index >= 15 is 0 Å². The van der Waals surface area contributed by atoms with Crippen molar-refractivity contribution < 1.29 is 13.2 Å². The minimum Gasteiger partial charge on any atom is -0.363 e. The van der Waals surface area contributed by atoms with Crippen LogP contribution in [0.25, 0.3) is 0 Å². The van der Waals surface area contributed by atoms with Gasteiger partial charge in [0.15, 0.2) is 5.94 Å². The topological polar surface area (TPSA) is 46.6 Å². The van der Waals surface area contributed by atoms with Gasteiger partial charge >= 0.3 is 0 Å². The average molecular weight is 255 g/mol. The van der Waals surface area contributed by atoms with Gasteiger partial charge in [0, 0.05) is 13.1 Å². The molecule has 0 aromatic heterocycles. The number of nitrogens with zero attached hydrogens (tertiary/aromatic N) is 1. The first kappa shape index (κ1) is 12.5. The Hall–Kier alpha value is -0.910. The molecule has 1 aliphatic rings. The Morgan fingerprint density at radius 1 is 1.35 bits per heavy atom. The van der Waals surface area contributed by atoms with Gasteiger partial charge in [0.1, 0.15) is 0 Å². The van der Waals surface area contributed by atoms with Crippen LogP contribution in [0.5, 0.6) is 0 Å². The number of benzene rings is 1. The highest BCUT2D eigenvalue weighted by Crippen LogP contribution is 2.17. The number of sulfonamides is 1. The van der Waals surface area contributed by atoms with E-state index in [0.29, 0.717) is 19.7 Å². The summed E-state index contributed by atoms with van der Waals surface area (Å²) >= 11 is 0. The summed E-state index contributed by atoms with van der Waals surface area (Å²) in [6, 6.07) is 6.10. The van der Waals surface area contributed by atoms with Gasteiger partial charge in [0.05, 0.1) is 6.61 Å². The van der Waals surface area contributed by atoms with Crippen molar-refractivity contribution in [2.75, 3.05) is 19.1 Å². The Bertz CT molecular complexity index is 510. The third-order valence-electron chi connectivity index (χ3n) is 2.96. The molecule has 0 N–H and O–H groups in total. The van der Waals surface area contributed by atoms with Crippen molar-refractivity contribution in [2.24, 2.45) is 0 Å². The van der Waals surface area contributed by atoms with E-state index < -0.39 is 10.0 Å². The van der Waals surface area contributed by atoms with E-state index in [9.17, 15) is 8.42 Å². The lowest BCUT2D eigenvalue weighted by molar-refractivity contribution is 0.130. The van der Waals surface area contributed by atoms with Crippen molar-refractivity contribution in [1.29, 1.82) is 0 Å². The van der Waals surface area contributed by atoms with Gasteiger partial charge in [0.2, 0.25) is 10.0 Å². The molecule has 0 amide bonds. The highest BCUT2D eigenvalue weighted by Gasteiger charge is 2.26. The molecule has 0 unspecified atom stereocenters. The molecule has 5 heteroatoms. The summed E-state index contributed by atoms with van der Waals surface area (Å²) in [7, 11) is -3.24. The second-order valence-corrected chi connectivity index (χ2v) is 6.32. The Morgan fingerprint density at radius 2 is 2.12 bits per heavy atom. The molecule has 17 heavy (non-hydrogen) atoms. The summed E-state index contributed by atoms with van der Waals surface area (Å²) in [6.45, 7) is 5.37. The molecule has 1 aromatic carbocycles. The molecule has 1 saturated heterocycles. The van der Waals surface area contributed by atoms with Gasteiger partial charge in [-0.1, -0.05) is 23.8 Å². The Kier molecular flexibility index (Phi) is 3.51. The minimum atomic E-state index is -3.24. The van der Waals surface area contributed by atoms with Gasteiger partial charge in [0.25, 0.3) is 0 Å². The summed E-state index contributed by atoms with van der Waals surface area (Å²) in [5.74, 6) is -0.197. The lowest BCUT2D eigenvalue weighted by Crippen LogP contribution is -2.40. The first-order valence-electron chi connectivity index (χ1n) is 5.61. The number of aryl methyl sites for hydroxylation is 2. The van der Waals surface area contributed by atoms with Crippen LogP contribution in [0.4, 0.5) is 0 Å². The normalized spacial score (nSPS) is 20.4. The maximum Gasteiger partial charge on any atom is 0.238 e. The lowest BCUT2D eigenvalue weighted by Gasteiger charge is -2.26. The average Bonchev–Trinajstić information content (AvgIpc) is 2.26. The molecule has 1 heterocycles. The summed E-state index contributed by atoms with van der Waals surface area (Å²) in [5, 5.41) is 0. The first-order chi connectivity index (χ1) is 7.99. The molecule has 1 aliphatic heterocycles.